The minimum atomic E-state index is -0.428. The average Bonchev–Trinajstić information content (AvgIpc) is 2.39. The van der Waals surface area contributed by atoms with E-state index in [1.165, 1.54) is 5.39 Å². The Bertz CT molecular complexity index is 549. The number of hydrogen-bond donors (Lipinski definition) is 0. The molecule has 2 unspecified atom stereocenters. The Kier molecular flexibility index (Phi) is 3.63. The summed E-state index contributed by atoms with van der Waals surface area (Å²) in [6.45, 7) is 9.65. The Morgan fingerprint density at radius 2 is 1.26 bits per heavy atom. The van der Waals surface area contributed by atoms with Crippen LogP contribution < -0.4 is 0 Å². The molecule has 1 aliphatic heterocycles. The molecule has 1 heteroatoms. The Morgan fingerprint density at radius 1 is 0.789 bits per heavy atom. The van der Waals surface area contributed by atoms with E-state index in [4.69, 9.17) is 0 Å². The van der Waals surface area contributed by atoms with Crippen LogP contribution in [0.3, 0.4) is 0 Å². The topological polar surface area (TPSA) is 0 Å². The third-order valence-corrected chi connectivity index (χ3v) is 12.0. The third-order valence-electron chi connectivity index (χ3n) is 4.33. The van der Waals surface area contributed by atoms with E-state index in [0.29, 0.717) is 0 Å². The van der Waals surface area contributed by atoms with Crippen LogP contribution in [-0.2, 0) is 0 Å². The summed E-state index contributed by atoms with van der Waals surface area (Å²) in [7, 11) is 0. The standard InChI is InChI=1S/C18H22.Sn/c1-13(2)11-16-9-5-7-15-8-6-10-17(18(15)16)12-14(3)4;/h5-14H,1-4H3;. The molecule has 2 radical (unpaired) electrons. The molecule has 2 aromatic carbocycles. The van der Waals surface area contributed by atoms with Crippen molar-refractivity contribution in [1.29, 1.82) is 0 Å². The van der Waals surface area contributed by atoms with Gasteiger partial charge in [-0.05, 0) is 0 Å². The van der Waals surface area contributed by atoms with E-state index in [-0.39, 0.29) is 0 Å². The average molecular weight is 357 g/mol. The van der Waals surface area contributed by atoms with Gasteiger partial charge in [0.05, 0.1) is 0 Å². The first kappa shape index (κ1) is 13.5. The van der Waals surface area contributed by atoms with Crippen molar-refractivity contribution in [3.63, 3.8) is 0 Å². The second-order valence-electron chi connectivity index (χ2n) is 6.40. The summed E-state index contributed by atoms with van der Waals surface area (Å²) < 4.78 is 1.77. The first-order valence-electron chi connectivity index (χ1n) is 7.37. The van der Waals surface area contributed by atoms with Gasteiger partial charge in [-0.25, -0.2) is 0 Å². The van der Waals surface area contributed by atoms with Gasteiger partial charge in [0, 0.05) is 0 Å². The van der Waals surface area contributed by atoms with Crippen LogP contribution in [0.5, 0.6) is 0 Å². The van der Waals surface area contributed by atoms with Crippen molar-refractivity contribution in [2.75, 3.05) is 0 Å². The fraction of sp³-hybridized carbons (Fsp3) is 0.444. The molecule has 0 amide bonds. The van der Waals surface area contributed by atoms with Gasteiger partial charge in [-0.2, -0.15) is 0 Å². The Labute approximate surface area is 126 Å². The molecule has 0 saturated carbocycles. The molecule has 0 N–H and O–H groups in total. The quantitative estimate of drug-likeness (QED) is 0.667. The van der Waals surface area contributed by atoms with Crippen LogP contribution in [0, 0.1) is 11.8 Å². The van der Waals surface area contributed by atoms with Crippen molar-refractivity contribution in [3.05, 3.63) is 47.5 Å². The zero-order valence-corrected chi connectivity index (χ0v) is 15.1. The van der Waals surface area contributed by atoms with Crippen LogP contribution in [0.1, 0.15) is 46.7 Å². The molecule has 0 nitrogen and oxygen atoms in total. The van der Waals surface area contributed by atoms with E-state index in [0.717, 1.165) is 19.7 Å². The summed E-state index contributed by atoms with van der Waals surface area (Å²) in [6, 6.07) is 13.9. The Balaban J connectivity index is 2.30. The molecule has 98 valence electrons. The normalized spacial score (nSPS) is 22.4. The second-order valence-corrected chi connectivity index (χ2v) is 10.9. The van der Waals surface area contributed by atoms with Crippen molar-refractivity contribution in [3.8, 4) is 0 Å². The van der Waals surface area contributed by atoms with E-state index in [2.05, 4.69) is 64.1 Å². The van der Waals surface area contributed by atoms with E-state index in [1.807, 2.05) is 0 Å². The molecule has 2 aromatic rings. The predicted molar refractivity (Wildman–Crippen MR) is 84.9 cm³/mol. The fourth-order valence-electron chi connectivity index (χ4n) is 3.39. The molecule has 1 aliphatic rings. The first-order chi connectivity index (χ1) is 9.09. The van der Waals surface area contributed by atoms with Gasteiger partial charge in [-0.15, -0.1) is 0 Å². The molecule has 0 aromatic heterocycles. The molecule has 0 spiro atoms. The molecule has 0 saturated heterocycles. The fourth-order valence-corrected chi connectivity index (χ4v) is 9.09. The molecular formula is C18H22Sn. The van der Waals surface area contributed by atoms with Crippen molar-refractivity contribution in [2.24, 2.45) is 11.8 Å². The van der Waals surface area contributed by atoms with E-state index < -0.39 is 21.1 Å². The van der Waals surface area contributed by atoms with Gasteiger partial charge < -0.3 is 0 Å². The summed E-state index contributed by atoms with van der Waals surface area (Å²) >= 11 is -0.428. The summed E-state index contributed by atoms with van der Waals surface area (Å²) in [4.78, 5) is 0. The van der Waals surface area contributed by atoms with Crippen LogP contribution in [0.2, 0.25) is 0 Å². The molecule has 1 heterocycles. The van der Waals surface area contributed by atoms with Crippen molar-refractivity contribution in [2.45, 2.75) is 35.6 Å². The van der Waals surface area contributed by atoms with Gasteiger partial charge >= 0.3 is 127 Å². The molecule has 0 aliphatic carbocycles. The van der Waals surface area contributed by atoms with Gasteiger partial charge in [0.25, 0.3) is 0 Å². The van der Waals surface area contributed by atoms with E-state index in [1.54, 1.807) is 16.5 Å². The van der Waals surface area contributed by atoms with Crippen LogP contribution >= 0.6 is 0 Å². The number of hydrogen-bond acceptors (Lipinski definition) is 0. The summed E-state index contributed by atoms with van der Waals surface area (Å²) in [5.74, 6) is 1.60. The summed E-state index contributed by atoms with van der Waals surface area (Å²) in [5, 5.41) is 3.04. The Hall–Kier alpha value is -0.501. The molecule has 3 rings (SSSR count). The van der Waals surface area contributed by atoms with Gasteiger partial charge in [-0.3, -0.25) is 0 Å². The number of rotatable bonds is 2. The maximum atomic E-state index is 2.41. The molecule has 0 bridgehead atoms. The van der Waals surface area contributed by atoms with Gasteiger partial charge in [-0.1, -0.05) is 0 Å². The maximum absolute atomic E-state index is 2.41. The minimum absolute atomic E-state index is 0.428. The van der Waals surface area contributed by atoms with Gasteiger partial charge in [0.1, 0.15) is 0 Å². The zero-order chi connectivity index (χ0) is 13.6. The summed E-state index contributed by atoms with van der Waals surface area (Å²) in [5.41, 5.74) is 3.32. The van der Waals surface area contributed by atoms with Crippen molar-refractivity contribution in [1.82, 2.24) is 0 Å². The molecular weight excluding hydrogens is 335 g/mol. The van der Waals surface area contributed by atoms with Crippen LogP contribution in [0.25, 0.3) is 10.8 Å². The Morgan fingerprint density at radius 3 is 1.68 bits per heavy atom. The zero-order valence-electron chi connectivity index (χ0n) is 12.3. The third kappa shape index (κ3) is 2.22. The molecule has 2 atom stereocenters. The van der Waals surface area contributed by atoms with Crippen molar-refractivity contribution >= 4 is 31.9 Å². The SMILES string of the molecule is CC(C)[CH]1[Sn][CH](C(C)C)c2cccc3cccc1c23. The van der Waals surface area contributed by atoms with E-state index >= 15 is 0 Å². The van der Waals surface area contributed by atoms with Crippen LogP contribution in [0.15, 0.2) is 36.4 Å². The van der Waals surface area contributed by atoms with Crippen molar-refractivity contribution < 1.29 is 0 Å². The van der Waals surface area contributed by atoms with Crippen LogP contribution in [0.4, 0.5) is 0 Å². The number of benzene rings is 2. The van der Waals surface area contributed by atoms with E-state index in [9.17, 15) is 0 Å². The first-order valence-corrected chi connectivity index (χ1v) is 10.7. The summed E-state index contributed by atoms with van der Waals surface area (Å²) in [6.07, 6.45) is 0. The van der Waals surface area contributed by atoms with Gasteiger partial charge in [0.2, 0.25) is 0 Å². The monoisotopic (exact) mass is 358 g/mol. The molecule has 19 heavy (non-hydrogen) atoms. The van der Waals surface area contributed by atoms with Gasteiger partial charge in [0.15, 0.2) is 0 Å². The predicted octanol–water partition coefficient (Wildman–Crippen LogP) is 4.95. The second kappa shape index (κ2) is 5.12. The van der Waals surface area contributed by atoms with Crippen LogP contribution in [-0.4, -0.2) is 21.1 Å². The molecule has 0 fully saturated rings.